The lowest BCUT2D eigenvalue weighted by molar-refractivity contribution is -0.148. The molecule has 0 N–H and O–H groups in total. The first-order valence-corrected chi connectivity index (χ1v) is 11.2. The van der Waals surface area contributed by atoms with E-state index < -0.39 is 22.0 Å². The molecular weight excluding hydrogens is 362 g/mol. The van der Waals surface area contributed by atoms with E-state index in [2.05, 4.69) is 0 Å². The lowest BCUT2D eigenvalue weighted by Gasteiger charge is -2.31. The van der Waals surface area contributed by atoms with E-state index >= 15 is 0 Å². The van der Waals surface area contributed by atoms with Crippen molar-refractivity contribution in [1.82, 2.24) is 4.31 Å². The number of hydrogen-bond acceptors (Lipinski definition) is 4. The minimum absolute atomic E-state index is 0.0479. The molecule has 2 aromatic carbocycles. The van der Waals surface area contributed by atoms with Crippen LogP contribution in [0.15, 0.2) is 47.4 Å². The molecule has 1 aliphatic carbocycles. The fourth-order valence-corrected chi connectivity index (χ4v) is 6.54. The van der Waals surface area contributed by atoms with E-state index in [1.165, 1.54) is 4.31 Å². The van der Waals surface area contributed by atoms with Gasteiger partial charge in [-0.2, -0.15) is 4.31 Å². The standard InChI is InChI=1S/C21H25NO4S/c1-2-26-21(23)20-17-9-5-6-10-18(13-17)22(20)27(24,25)19-12-11-15-7-3-4-8-16(15)14-19/h3-4,7-8,11-12,14,17-18,20H,2,5-6,9-10,13H2,1H3/t17?,18?,20-/m1/s1. The number of fused-ring (bicyclic) bond motifs is 3. The van der Waals surface area contributed by atoms with E-state index in [-0.39, 0.29) is 23.5 Å². The highest BCUT2D eigenvalue weighted by Gasteiger charge is 2.52. The quantitative estimate of drug-likeness (QED) is 0.750. The second-order valence-electron chi connectivity index (χ2n) is 7.47. The molecule has 2 fully saturated rings. The van der Waals surface area contributed by atoms with Gasteiger partial charge in [0.05, 0.1) is 11.5 Å². The SMILES string of the molecule is CCOC(=O)[C@H]1C2CCCCC(C2)N1S(=O)(=O)c1ccc2ccccc2c1. The van der Waals surface area contributed by atoms with Crippen LogP contribution in [0.25, 0.3) is 10.8 Å². The topological polar surface area (TPSA) is 63.7 Å². The summed E-state index contributed by atoms with van der Waals surface area (Å²) in [6.07, 6.45) is 4.47. The van der Waals surface area contributed by atoms with E-state index in [9.17, 15) is 13.2 Å². The minimum atomic E-state index is -3.78. The van der Waals surface area contributed by atoms with Crippen LogP contribution in [0.4, 0.5) is 0 Å². The van der Waals surface area contributed by atoms with Crippen molar-refractivity contribution in [2.24, 2.45) is 5.92 Å². The Morgan fingerprint density at radius 1 is 1.11 bits per heavy atom. The van der Waals surface area contributed by atoms with Gasteiger partial charge in [-0.1, -0.05) is 43.2 Å². The van der Waals surface area contributed by atoms with Crippen molar-refractivity contribution in [3.63, 3.8) is 0 Å². The molecule has 27 heavy (non-hydrogen) atoms. The Morgan fingerprint density at radius 3 is 2.63 bits per heavy atom. The molecule has 0 spiro atoms. The summed E-state index contributed by atoms with van der Waals surface area (Å²) in [4.78, 5) is 12.9. The van der Waals surface area contributed by atoms with E-state index in [4.69, 9.17) is 4.74 Å². The molecule has 2 aliphatic rings. The van der Waals surface area contributed by atoms with Crippen LogP contribution >= 0.6 is 0 Å². The molecule has 4 rings (SSSR count). The van der Waals surface area contributed by atoms with Gasteiger partial charge < -0.3 is 4.74 Å². The van der Waals surface area contributed by atoms with Crippen LogP contribution in [0.2, 0.25) is 0 Å². The number of carbonyl (C=O) groups is 1. The number of hydrogen-bond donors (Lipinski definition) is 0. The monoisotopic (exact) mass is 387 g/mol. The molecule has 1 aliphatic heterocycles. The van der Waals surface area contributed by atoms with Crippen LogP contribution in [-0.4, -0.2) is 37.4 Å². The molecule has 1 saturated carbocycles. The maximum absolute atomic E-state index is 13.6. The third-order valence-corrected chi connectivity index (χ3v) is 7.77. The fraction of sp³-hybridized carbons (Fsp3) is 0.476. The lowest BCUT2D eigenvalue weighted by Crippen LogP contribution is -2.47. The van der Waals surface area contributed by atoms with Gasteiger partial charge in [-0.05, 0) is 55.0 Å². The molecule has 1 heterocycles. The van der Waals surface area contributed by atoms with Gasteiger partial charge in [0.2, 0.25) is 10.0 Å². The summed E-state index contributed by atoms with van der Waals surface area (Å²) in [5.74, 6) is -0.358. The van der Waals surface area contributed by atoms with Crippen LogP contribution in [0.3, 0.4) is 0 Å². The number of nitrogens with zero attached hydrogens (tertiary/aromatic N) is 1. The fourth-order valence-electron chi connectivity index (χ4n) is 4.64. The smallest absolute Gasteiger partial charge is 0.324 e. The third-order valence-electron chi connectivity index (χ3n) is 5.84. The number of benzene rings is 2. The molecule has 0 amide bonds. The molecule has 2 bridgehead atoms. The highest BCUT2D eigenvalue weighted by Crippen LogP contribution is 2.42. The number of rotatable bonds is 4. The van der Waals surface area contributed by atoms with Gasteiger partial charge in [-0.3, -0.25) is 4.79 Å². The number of carbonyl (C=O) groups excluding carboxylic acids is 1. The van der Waals surface area contributed by atoms with Crippen LogP contribution in [0.5, 0.6) is 0 Å². The van der Waals surface area contributed by atoms with Gasteiger partial charge in [0.15, 0.2) is 0 Å². The maximum Gasteiger partial charge on any atom is 0.324 e. The zero-order valence-electron chi connectivity index (χ0n) is 15.5. The Bertz CT molecular complexity index is 956. The first-order valence-electron chi connectivity index (χ1n) is 9.71. The zero-order chi connectivity index (χ0) is 19.0. The van der Waals surface area contributed by atoms with Gasteiger partial charge >= 0.3 is 5.97 Å². The van der Waals surface area contributed by atoms with Crippen molar-refractivity contribution < 1.29 is 17.9 Å². The molecule has 6 heteroatoms. The van der Waals surface area contributed by atoms with Crippen LogP contribution in [-0.2, 0) is 19.6 Å². The number of sulfonamides is 1. The van der Waals surface area contributed by atoms with Crippen molar-refractivity contribution in [3.05, 3.63) is 42.5 Å². The average molecular weight is 388 g/mol. The van der Waals surface area contributed by atoms with Gasteiger partial charge in [0, 0.05) is 6.04 Å². The van der Waals surface area contributed by atoms with Crippen molar-refractivity contribution in [2.75, 3.05) is 6.61 Å². The van der Waals surface area contributed by atoms with E-state index in [1.54, 1.807) is 19.1 Å². The Labute approximate surface area is 160 Å². The molecule has 1 saturated heterocycles. The van der Waals surface area contributed by atoms with Crippen molar-refractivity contribution in [1.29, 1.82) is 0 Å². The molecule has 2 unspecified atom stereocenters. The van der Waals surface area contributed by atoms with Gasteiger partial charge in [-0.15, -0.1) is 0 Å². The minimum Gasteiger partial charge on any atom is -0.465 e. The summed E-state index contributed by atoms with van der Waals surface area (Å²) in [7, 11) is -3.78. The molecule has 2 aromatic rings. The number of ether oxygens (including phenoxy) is 1. The van der Waals surface area contributed by atoms with Crippen LogP contribution in [0.1, 0.15) is 39.0 Å². The van der Waals surface area contributed by atoms with E-state index in [0.29, 0.717) is 0 Å². The van der Waals surface area contributed by atoms with Gasteiger partial charge in [-0.25, -0.2) is 8.42 Å². The maximum atomic E-state index is 13.6. The summed E-state index contributed by atoms with van der Waals surface area (Å²) >= 11 is 0. The molecule has 0 radical (unpaired) electrons. The predicted octanol–water partition coefficient (Wildman–Crippen LogP) is 3.72. The average Bonchev–Trinajstić information content (AvgIpc) is 2.86. The molecule has 5 nitrogen and oxygen atoms in total. The Morgan fingerprint density at radius 2 is 1.85 bits per heavy atom. The van der Waals surface area contributed by atoms with Crippen LogP contribution < -0.4 is 0 Å². The first-order chi connectivity index (χ1) is 13.0. The normalized spacial score (nSPS) is 26.0. The van der Waals surface area contributed by atoms with Crippen molar-refractivity contribution >= 4 is 26.8 Å². The first kappa shape index (κ1) is 18.4. The molecular formula is C21H25NO4S. The van der Waals surface area contributed by atoms with Crippen LogP contribution in [0, 0.1) is 5.92 Å². The summed E-state index contributed by atoms with van der Waals surface area (Å²) in [5, 5.41) is 1.88. The second kappa shape index (κ2) is 7.24. The predicted molar refractivity (Wildman–Crippen MR) is 104 cm³/mol. The summed E-state index contributed by atoms with van der Waals surface area (Å²) < 4.78 is 33.9. The highest BCUT2D eigenvalue weighted by molar-refractivity contribution is 7.89. The third kappa shape index (κ3) is 3.25. The Kier molecular flexibility index (Phi) is 4.95. The summed E-state index contributed by atoms with van der Waals surface area (Å²) in [5.41, 5.74) is 0. The number of esters is 1. The van der Waals surface area contributed by atoms with E-state index in [0.717, 1.165) is 42.9 Å². The zero-order valence-corrected chi connectivity index (χ0v) is 16.3. The van der Waals surface area contributed by atoms with E-state index in [1.807, 2.05) is 30.3 Å². The molecule has 144 valence electrons. The van der Waals surface area contributed by atoms with Gasteiger partial charge in [0.25, 0.3) is 0 Å². The molecule has 3 atom stereocenters. The molecule has 0 aromatic heterocycles. The highest BCUT2D eigenvalue weighted by atomic mass is 32.2. The Balaban J connectivity index is 1.77. The summed E-state index contributed by atoms with van der Waals surface area (Å²) in [6.45, 7) is 2.02. The second-order valence-corrected chi connectivity index (χ2v) is 9.32. The Hall–Kier alpha value is -1.92. The largest absolute Gasteiger partial charge is 0.465 e. The van der Waals surface area contributed by atoms with Gasteiger partial charge in [0.1, 0.15) is 6.04 Å². The van der Waals surface area contributed by atoms with Crippen molar-refractivity contribution in [3.8, 4) is 0 Å². The summed E-state index contributed by atoms with van der Waals surface area (Å²) in [6, 6.07) is 12.1. The lowest BCUT2D eigenvalue weighted by atomic mass is 9.96. The van der Waals surface area contributed by atoms with Crippen molar-refractivity contribution in [2.45, 2.75) is 56.0 Å².